The number of aliphatic hydroxyl groups is 1. The van der Waals surface area contributed by atoms with Crippen LogP contribution in [-0.4, -0.2) is 10.7 Å². The van der Waals surface area contributed by atoms with Crippen molar-refractivity contribution in [2.45, 2.75) is 24.5 Å². The Balaban J connectivity index is 1.48. The van der Waals surface area contributed by atoms with E-state index in [1.807, 2.05) is 12.1 Å². The van der Waals surface area contributed by atoms with E-state index in [1.165, 1.54) is 16.2 Å². The van der Waals surface area contributed by atoms with Crippen LogP contribution in [0.25, 0.3) is 32.3 Å². The lowest BCUT2D eigenvalue weighted by molar-refractivity contribution is 0.0143. The van der Waals surface area contributed by atoms with E-state index in [0.717, 1.165) is 32.8 Å². The fourth-order valence-corrected chi connectivity index (χ4v) is 5.55. The molecule has 0 heterocycles. The van der Waals surface area contributed by atoms with E-state index in [1.54, 1.807) is 0 Å². The summed E-state index contributed by atoms with van der Waals surface area (Å²) in [6.45, 7) is 0. The highest BCUT2D eigenvalue weighted by Crippen LogP contribution is 2.36. The Morgan fingerprint density at radius 2 is 1.00 bits per heavy atom. The summed E-state index contributed by atoms with van der Waals surface area (Å²) >= 11 is 0. The van der Waals surface area contributed by atoms with Crippen molar-refractivity contribution in [2.24, 2.45) is 5.73 Å². The van der Waals surface area contributed by atoms with Gasteiger partial charge in [-0.15, -0.1) is 0 Å². The normalized spacial score (nSPS) is 12.8. The molecule has 0 bridgehead atoms. The van der Waals surface area contributed by atoms with Gasteiger partial charge in [-0.3, -0.25) is 0 Å². The smallest absolute Gasteiger partial charge is 0.0920 e. The maximum atomic E-state index is 12.5. The standard InChI is InChI=1S/C34H29NO/c35-33(28-20-19-24-9-1-2-12-27(24)21-28)34(36,22-29-15-7-13-25-10-3-5-17-31(25)29)23-30-16-8-14-26-11-4-6-18-32(26)30/h1-21,33,36H,22-23,35H2/t33-/m1/s1. The second-order valence-corrected chi connectivity index (χ2v) is 9.82. The molecule has 0 saturated heterocycles. The fraction of sp³-hybridized carbons (Fsp3) is 0.118. The van der Waals surface area contributed by atoms with Crippen molar-refractivity contribution in [3.63, 3.8) is 0 Å². The third-order valence-corrected chi connectivity index (χ3v) is 7.46. The zero-order valence-electron chi connectivity index (χ0n) is 20.1. The molecule has 2 heteroatoms. The monoisotopic (exact) mass is 467 g/mol. The van der Waals surface area contributed by atoms with Gasteiger partial charge in [-0.25, -0.2) is 0 Å². The van der Waals surface area contributed by atoms with Gasteiger partial charge in [-0.05, 0) is 55.1 Å². The van der Waals surface area contributed by atoms with E-state index in [2.05, 4.69) is 115 Å². The molecule has 0 unspecified atom stereocenters. The van der Waals surface area contributed by atoms with Crippen LogP contribution in [-0.2, 0) is 12.8 Å². The van der Waals surface area contributed by atoms with Crippen LogP contribution in [0, 0.1) is 0 Å². The van der Waals surface area contributed by atoms with Crippen LogP contribution in [0.2, 0.25) is 0 Å². The molecular formula is C34H29NO. The van der Waals surface area contributed by atoms with E-state index in [9.17, 15) is 5.11 Å². The van der Waals surface area contributed by atoms with Crippen LogP contribution in [0.15, 0.2) is 127 Å². The Hall–Kier alpha value is -3.98. The first-order valence-electron chi connectivity index (χ1n) is 12.5. The summed E-state index contributed by atoms with van der Waals surface area (Å²) in [5.74, 6) is 0. The van der Waals surface area contributed by atoms with Crippen molar-refractivity contribution in [1.82, 2.24) is 0 Å². The van der Waals surface area contributed by atoms with Gasteiger partial charge < -0.3 is 10.8 Å². The topological polar surface area (TPSA) is 46.2 Å². The largest absolute Gasteiger partial charge is 0.387 e. The Labute approximate surface area is 211 Å². The molecule has 0 fully saturated rings. The lowest BCUT2D eigenvalue weighted by atomic mass is 9.77. The molecule has 0 amide bonds. The number of hydrogen-bond donors (Lipinski definition) is 2. The maximum absolute atomic E-state index is 12.5. The van der Waals surface area contributed by atoms with Crippen molar-refractivity contribution in [3.05, 3.63) is 144 Å². The molecule has 2 nitrogen and oxygen atoms in total. The number of rotatable bonds is 6. The zero-order valence-corrected chi connectivity index (χ0v) is 20.1. The van der Waals surface area contributed by atoms with Gasteiger partial charge in [0.25, 0.3) is 0 Å². The average molecular weight is 468 g/mol. The summed E-state index contributed by atoms with van der Waals surface area (Å²) in [6.07, 6.45) is 0.900. The van der Waals surface area contributed by atoms with Gasteiger partial charge in [-0.1, -0.05) is 121 Å². The second-order valence-electron chi connectivity index (χ2n) is 9.82. The molecule has 3 N–H and O–H groups in total. The molecule has 0 aliphatic carbocycles. The van der Waals surface area contributed by atoms with Gasteiger partial charge in [0.1, 0.15) is 0 Å². The van der Waals surface area contributed by atoms with Gasteiger partial charge >= 0.3 is 0 Å². The number of benzene rings is 6. The highest BCUT2D eigenvalue weighted by atomic mass is 16.3. The van der Waals surface area contributed by atoms with Gasteiger partial charge in [0.05, 0.1) is 11.6 Å². The van der Waals surface area contributed by atoms with Crippen LogP contribution >= 0.6 is 0 Å². The predicted molar refractivity (Wildman–Crippen MR) is 151 cm³/mol. The SMILES string of the molecule is N[C@H](c1ccc2ccccc2c1)C(O)(Cc1cccc2ccccc12)Cc1cccc2ccccc12. The number of nitrogens with two attached hydrogens (primary N) is 1. The highest BCUT2D eigenvalue weighted by molar-refractivity contribution is 5.87. The van der Waals surface area contributed by atoms with E-state index >= 15 is 0 Å². The van der Waals surface area contributed by atoms with Gasteiger partial charge in [-0.2, -0.15) is 0 Å². The minimum Gasteiger partial charge on any atom is -0.387 e. The first-order valence-corrected chi connectivity index (χ1v) is 12.5. The molecule has 0 spiro atoms. The van der Waals surface area contributed by atoms with Crippen molar-refractivity contribution < 1.29 is 5.11 Å². The molecule has 6 rings (SSSR count). The van der Waals surface area contributed by atoms with E-state index < -0.39 is 11.6 Å². The lowest BCUT2D eigenvalue weighted by Gasteiger charge is -2.35. The van der Waals surface area contributed by atoms with E-state index in [4.69, 9.17) is 5.73 Å². The summed E-state index contributed by atoms with van der Waals surface area (Å²) in [5.41, 5.74) is 8.95. The Morgan fingerprint density at radius 3 is 1.58 bits per heavy atom. The molecule has 36 heavy (non-hydrogen) atoms. The second kappa shape index (κ2) is 9.23. The summed E-state index contributed by atoms with van der Waals surface area (Å²) in [5, 5.41) is 19.4. The molecule has 1 atom stereocenters. The first kappa shape index (κ1) is 22.5. The number of fused-ring (bicyclic) bond motifs is 3. The van der Waals surface area contributed by atoms with Gasteiger partial charge in [0.15, 0.2) is 0 Å². The predicted octanol–water partition coefficient (Wildman–Crippen LogP) is 7.36. The lowest BCUT2D eigenvalue weighted by Crippen LogP contribution is -2.45. The summed E-state index contributed by atoms with van der Waals surface area (Å²) < 4.78 is 0. The fourth-order valence-electron chi connectivity index (χ4n) is 5.55. The quantitative estimate of drug-likeness (QED) is 0.269. The average Bonchev–Trinajstić information content (AvgIpc) is 2.93. The number of hydrogen-bond acceptors (Lipinski definition) is 2. The van der Waals surface area contributed by atoms with Gasteiger partial charge in [0, 0.05) is 12.8 Å². The van der Waals surface area contributed by atoms with Crippen molar-refractivity contribution >= 4 is 32.3 Å². The third-order valence-electron chi connectivity index (χ3n) is 7.46. The third kappa shape index (κ3) is 4.15. The van der Waals surface area contributed by atoms with Crippen LogP contribution in [0.4, 0.5) is 0 Å². The van der Waals surface area contributed by atoms with Crippen molar-refractivity contribution in [1.29, 1.82) is 0 Å². The Kier molecular flexibility index (Phi) is 5.77. The van der Waals surface area contributed by atoms with Crippen LogP contribution in [0.3, 0.4) is 0 Å². The zero-order chi connectivity index (χ0) is 24.5. The molecule has 0 aliphatic rings. The van der Waals surface area contributed by atoms with Gasteiger partial charge in [0.2, 0.25) is 0 Å². The highest BCUT2D eigenvalue weighted by Gasteiger charge is 2.37. The van der Waals surface area contributed by atoms with Crippen molar-refractivity contribution in [3.8, 4) is 0 Å². The van der Waals surface area contributed by atoms with E-state index in [-0.39, 0.29) is 0 Å². The summed E-state index contributed by atoms with van der Waals surface area (Å²) in [6, 6.07) is 43.3. The minimum atomic E-state index is -1.20. The molecule has 0 aliphatic heterocycles. The van der Waals surface area contributed by atoms with Crippen LogP contribution < -0.4 is 5.73 Å². The molecule has 6 aromatic carbocycles. The molecule has 0 aromatic heterocycles. The Morgan fingerprint density at radius 1 is 0.528 bits per heavy atom. The summed E-state index contributed by atoms with van der Waals surface area (Å²) in [7, 11) is 0. The first-order chi connectivity index (χ1) is 17.6. The molecule has 176 valence electrons. The maximum Gasteiger partial charge on any atom is 0.0920 e. The molecule has 0 radical (unpaired) electrons. The van der Waals surface area contributed by atoms with Crippen LogP contribution in [0.1, 0.15) is 22.7 Å². The summed E-state index contributed by atoms with van der Waals surface area (Å²) in [4.78, 5) is 0. The Bertz CT molecular complexity index is 1590. The molecular weight excluding hydrogens is 438 g/mol. The van der Waals surface area contributed by atoms with E-state index in [0.29, 0.717) is 12.8 Å². The minimum absolute atomic E-state index is 0.450. The molecule has 0 saturated carbocycles. The molecule has 6 aromatic rings. The van der Waals surface area contributed by atoms with Crippen LogP contribution in [0.5, 0.6) is 0 Å². The van der Waals surface area contributed by atoms with Crippen molar-refractivity contribution in [2.75, 3.05) is 0 Å².